The third-order valence-corrected chi connectivity index (χ3v) is 3.80. The molecule has 128 valence electrons. The van der Waals surface area contributed by atoms with Crippen molar-refractivity contribution in [3.05, 3.63) is 65.0 Å². The van der Waals surface area contributed by atoms with Crippen LogP contribution in [0.4, 0.5) is 4.39 Å². The Balaban J connectivity index is 1.73. The van der Waals surface area contributed by atoms with E-state index in [9.17, 15) is 9.18 Å². The predicted molar refractivity (Wildman–Crippen MR) is 90.1 cm³/mol. The SMILES string of the molecule is COc1ccc(CCCC(=O)NCc2ccc(F)c(CO)c2)cc1. The third-order valence-electron chi connectivity index (χ3n) is 3.80. The number of nitrogens with one attached hydrogen (secondary N) is 1. The summed E-state index contributed by atoms with van der Waals surface area (Å²) in [4.78, 5) is 11.9. The molecule has 0 saturated heterocycles. The molecule has 0 aliphatic rings. The van der Waals surface area contributed by atoms with E-state index in [1.807, 2.05) is 24.3 Å². The number of carbonyl (C=O) groups is 1. The van der Waals surface area contributed by atoms with Crippen molar-refractivity contribution in [1.82, 2.24) is 5.32 Å². The molecule has 0 aromatic heterocycles. The molecule has 0 aliphatic heterocycles. The molecule has 0 atom stereocenters. The summed E-state index contributed by atoms with van der Waals surface area (Å²) < 4.78 is 18.4. The molecule has 0 fully saturated rings. The van der Waals surface area contributed by atoms with Gasteiger partial charge in [-0.15, -0.1) is 0 Å². The maximum atomic E-state index is 13.3. The van der Waals surface area contributed by atoms with Crippen molar-refractivity contribution in [2.75, 3.05) is 7.11 Å². The van der Waals surface area contributed by atoms with Crippen molar-refractivity contribution in [2.24, 2.45) is 0 Å². The number of carbonyl (C=O) groups excluding carboxylic acids is 1. The van der Waals surface area contributed by atoms with Gasteiger partial charge in [0.25, 0.3) is 0 Å². The van der Waals surface area contributed by atoms with Crippen LogP contribution in [0, 0.1) is 5.82 Å². The van der Waals surface area contributed by atoms with Crippen LogP contribution < -0.4 is 10.1 Å². The van der Waals surface area contributed by atoms with E-state index < -0.39 is 5.82 Å². The Labute approximate surface area is 141 Å². The molecular formula is C19H22FNO3. The molecule has 5 heteroatoms. The van der Waals surface area contributed by atoms with Crippen LogP contribution in [-0.4, -0.2) is 18.1 Å². The molecule has 0 unspecified atom stereocenters. The smallest absolute Gasteiger partial charge is 0.220 e. The highest BCUT2D eigenvalue weighted by molar-refractivity contribution is 5.75. The third kappa shape index (κ3) is 5.35. The van der Waals surface area contributed by atoms with Gasteiger partial charge in [-0.3, -0.25) is 4.79 Å². The lowest BCUT2D eigenvalue weighted by molar-refractivity contribution is -0.121. The zero-order chi connectivity index (χ0) is 17.4. The van der Waals surface area contributed by atoms with Crippen LogP contribution in [0.1, 0.15) is 29.5 Å². The molecule has 2 N–H and O–H groups in total. The average molecular weight is 331 g/mol. The van der Waals surface area contributed by atoms with Gasteiger partial charge in [-0.25, -0.2) is 4.39 Å². The van der Waals surface area contributed by atoms with E-state index in [0.29, 0.717) is 13.0 Å². The fraction of sp³-hybridized carbons (Fsp3) is 0.316. The first-order chi connectivity index (χ1) is 11.6. The summed E-state index contributed by atoms with van der Waals surface area (Å²) in [6.45, 7) is -0.0237. The summed E-state index contributed by atoms with van der Waals surface area (Å²) in [6.07, 6.45) is 2.01. The molecule has 0 heterocycles. The summed E-state index contributed by atoms with van der Waals surface area (Å²) in [5.74, 6) is 0.337. The van der Waals surface area contributed by atoms with Crippen molar-refractivity contribution < 1.29 is 19.0 Å². The number of ether oxygens (including phenoxy) is 1. The number of rotatable bonds is 8. The summed E-state index contributed by atoms with van der Waals surface area (Å²) in [5, 5.41) is 11.9. The van der Waals surface area contributed by atoms with E-state index in [1.54, 1.807) is 19.2 Å². The van der Waals surface area contributed by atoms with Gasteiger partial charge in [-0.05, 0) is 48.2 Å². The molecule has 0 saturated carbocycles. The molecule has 0 aliphatic carbocycles. The first-order valence-electron chi connectivity index (χ1n) is 7.90. The van der Waals surface area contributed by atoms with Crippen molar-refractivity contribution in [3.8, 4) is 5.75 Å². The fourth-order valence-electron chi connectivity index (χ4n) is 2.39. The van der Waals surface area contributed by atoms with E-state index in [4.69, 9.17) is 9.84 Å². The van der Waals surface area contributed by atoms with Gasteiger partial charge >= 0.3 is 0 Å². The number of hydrogen-bond acceptors (Lipinski definition) is 3. The molecule has 2 rings (SSSR count). The van der Waals surface area contributed by atoms with E-state index in [-0.39, 0.29) is 18.1 Å². The number of hydrogen-bond donors (Lipinski definition) is 2. The van der Waals surface area contributed by atoms with Gasteiger partial charge in [0.15, 0.2) is 0 Å². The van der Waals surface area contributed by atoms with Crippen LogP contribution in [0.2, 0.25) is 0 Å². The van der Waals surface area contributed by atoms with Gasteiger partial charge in [-0.1, -0.05) is 18.2 Å². The first-order valence-corrected chi connectivity index (χ1v) is 7.90. The summed E-state index contributed by atoms with van der Waals surface area (Å²) in [6, 6.07) is 12.3. The molecule has 0 bridgehead atoms. The molecule has 2 aromatic rings. The Morgan fingerprint density at radius 1 is 1.17 bits per heavy atom. The predicted octanol–water partition coefficient (Wildman–Crippen LogP) is 2.97. The van der Waals surface area contributed by atoms with Crippen LogP contribution in [0.25, 0.3) is 0 Å². The zero-order valence-electron chi connectivity index (χ0n) is 13.7. The quantitative estimate of drug-likeness (QED) is 0.782. The van der Waals surface area contributed by atoms with Gasteiger partial charge in [-0.2, -0.15) is 0 Å². The van der Waals surface area contributed by atoms with Gasteiger partial charge < -0.3 is 15.2 Å². The summed E-state index contributed by atoms with van der Waals surface area (Å²) in [5.41, 5.74) is 2.17. The Bertz CT molecular complexity index is 671. The second-order valence-corrected chi connectivity index (χ2v) is 5.56. The van der Waals surface area contributed by atoms with Crippen LogP contribution in [0.15, 0.2) is 42.5 Å². The highest BCUT2D eigenvalue weighted by atomic mass is 19.1. The minimum Gasteiger partial charge on any atom is -0.497 e. The minimum atomic E-state index is -0.438. The highest BCUT2D eigenvalue weighted by Crippen LogP contribution is 2.13. The van der Waals surface area contributed by atoms with Gasteiger partial charge in [0, 0.05) is 18.5 Å². The largest absolute Gasteiger partial charge is 0.497 e. The minimum absolute atomic E-state index is 0.0432. The standard InChI is InChI=1S/C19H22FNO3/c1-24-17-8-5-14(6-9-17)3-2-4-19(23)21-12-15-7-10-18(20)16(11-15)13-22/h5-11,22H,2-4,12-13H2,1H3,(H,21,23). The Hall–Kier alpha value is -2.40. The van der Waals surface area contributed by atoms with Crippen LogP contribution in [0.5, 0.6) is 5.75 Å². The molecule has 4 nitrogen and oxygen atoms in total. The molecular weight excluding hydrogens is 309 g/mol. The fourth-order valence-corrected chi connectivity index (χ4v) is 2.39. The Morgan fingerprint density at radius 2 is 1.88 bits per heavy atom. The maximum absolute atomic E-state index is 13.3. The number of halogens is 1. The second kappa shape index (κ2) is 9.03. The lowest BCUT2D eigenvalue weighted by Gasteiger charge is -2.08. The normalized spacial score (nSPS) is 10.5. The van der Waals surface area contributed by atoms with E-state index >= 15 is 0 Å². The number of aryl methyl sites for hydroxylation is 1. The zero-order valence-corrected chi connectivity index (χ0v) is 13.7. The number of benzene rings is 2. The molecule has 0 spiro atoms. The second-order valence-electron chi connectivity index (χ2n) is 5.56. The van der Waals surface area contributed by atoms with Crippen molar-refractivity contribution in [2.45, 2.75) is 32.4 Å². The summed E-state index contributed by atoms with van der Waals surface area (Å²) >= 11 is 0. The monoisotopic (exact) mass is 331 g/mol. The lowest BCUT2D eigenvalue weighted by Crippen LogP contribution is -2.22. The first kappa shape index (κ1) is 17.9. The number of aliphatic hydroxyl groups is 1. The number of aliphatic hydroxyl groups excluding tert-OH is 1. The van der Waals surface area contributed by atoms with E-state index in [2.05, 4.69) is 5.32 Å². The van der Waals surface area contributed by atoms with Crippen LogP contribution in [0.3, 0.4) is 0 Å². The van der Waals surface area contributed by atoms with Gasteiger partial charge in [0.05, 0.1) is 13.7 Å². The number of amides is 1. The Kier molecular flexibility index (Phi) is 6.75. The number of methoxy groups -OCH3 is 1. The van der Waals surface area contributed by atoms with Crippen molar-refractivity contribution in [3.63, 3.8) is 0 Å². The van der Waals surface area contributed by atoms with Crippen LogP contribution in [-0.2, 0) is 24.4 Å². The Morgan fingerprint density at radius 3 is 2.54 bits per heavy atom. The topological polar surface area (TPSA) is 58.6 Å². The van der Waals surface area contributed by atoms with E-state index in [0.717, 1.165) is 29.7 Å². The summed E-state index contributed by atoms with van der Waals surface area (Å²) in [7, 11) is 1.63. The van der Waals surface area contributed by atoms with Crippen molar-refractivity contribution >= 4 is 5.91 Å². The molecule has 0 radical (unpaired) electrons. The highest BCUT2D eigenvalue weighted by Gasteiger charge is 2.05. The van der Waals surface area contributed by atoms with Gasteiger partial charge in [0.2, 0.25) is 5.91 Å². The molecule has 1 amide bonds. The average Bonchev–Trinajstić information content (AvgIpc) is 2.61. The molecule has 24 heavy (non-hydrogen) atoms. The molecule has 2 aromatic carbocycles. The van der Waals surface area contributed by atoms with E-state index in [1.165, 1.54) is 6.07 Å². The van der Waals surface area contributed by atoms with Gasteiger partial charge in [0.1, 0.15) is 11.6 Å². The van der Waals surface area contributed by atoms with Crippen LogP contribution >= 0.6 is 0 Å². The van der Waals surface area contributed by atoms with Crippen molar-refractivity contribution in [1.29, 1.82) is 0 Å². The maximum Gasteiger partial charge on any atom is 0.220 e. The lowest BCUT2D eigenvalue weighted by atomic mass is 10.1.